The molecule has 1 aromatic heterocycles. The van der Waals surface area contributed by atoms with Gasteiger partial charge in [0.15, 0.2) is 0 Å². The number of nitrogens with one attached hydrogen (secondary N) is 2. The maximum absolute atomic E-state index is 5.46. The van der Waals surface area contributed by atoms with E-state index in [1.54, 1.807) is 0 Å². The van der Waals surface area contributed by atoms with Gasteiger partial charge in [0.05, 0.1) is 0 Å². The van der Waals surface area contributed by atoms with Crippen molar-refractivity contribution < 1.29 is 0 Å². The van der Waals surface area contributed by atoms with E-state index in [2.05, 4.69) is 34.6 Å². The van der Waals surface area contributed by atoms with Crippen molar-refractivity contribution in [2.75, 3.05) is 17.3 Å². The maximum atomic E-state index is 5.46. The normalized spacial score (nSPS) is 10.3. The largest absolute Gasteiger partial charge is 0.370 e. The second-order valence-electron chi connectivity index (χ2n) is 4.08. The first-order valence-electron chi connectivity index (χ1n) is 6.37. The predicted molar refractivity (Wildman–Crippen MR) is 71.9 cm³/mol. The Morgan fingerprint density at radius 3 is 2.53 bits per heavy atom. The first kappa shape index (κ1) is 13.7. The highest BCUT2D eigenvalue weighted by Crippen LogP contribution is 2.20. The van der Waals surface area contributed by atoms with Crippen LogP contribution < -0.4 is 16.6 Å². The van der Waals surface area contributed by atoms with Crippen molar-refractivity contribution in [1.82, 2.24) is 9.97 Å². The lowest BCUT2D eigenvalue weighted by atomic mass is 10.1. The molecule has 1 heterocycles. The van der Waals surface area contributed by atoms with Gasteiger partial charge in [0.2, 0.25) is 0 Å². The molecule has 5 nitrogen and oxygen atoms in total. The lowest BCUT2D eigenvalue weighted by Crippen LogP contribution is -2.14. The SMILES string of the molecule is CCCCCNc1ncnc(NN)c1CCC. The molecule has 0 unspecified atom stereocenters. The number of anilines is 2. The van der Waals surface area contributed by atoms with Crippen molar-refractivity contribution in [3.05, 3.63) is 11.9 Å². The van der Waals surface area contributed by atoms with Gasteiger partial charge < -0.3 is 10.7 Å². The molecule has 0 aliphatic heterocycles. The van der Waals surface area contributed by atoms with E-state index in [0.29, 0.717) is 0 Å². The molecule has 1 rings (SSSR count). The number of hydrogen-bond donors (Lipinski definition) is 3. The molecule has 0 aromatic carbocycles. The fourth-order valence-corrected chi connectivity index (χ4v) is 1.76. The molecule has 0 saturated carbocycles. The summed E-state index contributed by atoms with van der Waals surface area (Å²) in [7, 11) is 0. The molecule has 0 saturated heterocycles. The molecule has 17 heavy (non-hydrogen) atoms. The summed E-state index contributed by atoms with van der Waals surface area (Å²) in [5, 5.41) is 3.36. The van der Waals surface area contributed by atoms with Gasteiger partial charge in [-0.3, -0.25) is 0 Å². The summed E-state index contributed by atoms with van der Waals surface area (Å²) < 4.78 is 0. The Bertz CT molecular complexity index is 327. The topological polar surface area (TPSA) is 75.9 Å². The van der Waals surface area contributed by atoms with Gasteiger partial charge in [0.1, 0.15) is 18.0 Å². The first-order valence-corrected chi connectivity index (χ1v) is 6.37. The standard InChI is InChI=1S/C12H23N5/c1-3-5-6-8-14-11-10(7-4-2)12(17-13)16-9-15-11/h9H,3-8,13H2,1-2H3,(H2,14,15,16,17). The van der Waals surface area contributed by atoms with Crippen LogP contribution >= 0.6 is 0 Å². The van der Waals surface area contributed by atoms with Crippen LogP contribution in [0.5, 0.6) is 0 Å². The Morgan fingerprint density at radius 2 is 1.88 bits per heavy atom. The van der Waals surface area contributed by atoms with E-state index < -0.39 is 0 Å². The third-order valence-electron chi connectivity index (χ3n) is 2.65. The molecule has 0 fully saturated rings. The van der Waals surface area contributed by atoms with Crippen molar-refractivity contribution >= 4 is 11.6 Å². The summed E-state index contributed by atoms with van der Waals surface area (Å²) in [6.07, 6.45) is 7.14. The summed E-state index contributed by atoms with van der Waals surface area (Å²) in [6.45, 7) is 5.28. The Balaban J connectivity index is 2.68. The zero-order valence-corrected chi connectivity index (χ0v) is 10.8. The molecule has 0 aliphatic rings. The first-order chi connectivity index (χ1) is 8.33. The highest BCUT2D eigenvalue weighted by Gasteiger charge is 2.09. The Labute approximate surface area is 103 Å². The second-order valence-corrected chi connectivity index (χ2v) is 4.08. The molecule has 0 bridgehead atoms. The zero-order valence-electron chi connectivity index (χ0n) is 10.8. The summed E-state index contributed by atoms with van der Waals surface area (Å²) in [4.78, 5) is 8.42. The number of nitrogen functional groups attached to an aromatic ring is 1. The van der Waals surface area contributed by atoms with Gasteiger partial charge in [-0.15, -0.1) is 0 Å². The van der Waals surface area contributed by atoms with Crippen LogP contribution in [0.25, 0.3) is 0 Å². The molecule has 4 N–H and O–H groups in total. The van der Waals surface area contributed by atoms with Crippen molar-refractivity contribution in [3.63, 3.8) is 0 Å². The van der Waals surface area contributed by atoms with Gasteiger partial charge >= 0.3 is 0 Å². The van der Waals surface area contributed by atoms with Crippen LogP contribution in [0, 0.1) is 0 Å². The number of unbranched alkanes of at least 4 members (excludes halogenated alkanes) is 2. The molecule has 96 valence electrons. The molecular formula is C12H23N5. The van der Waals surface area contributed by atoms with Crippen LogP contribution in [-0.2, 0) is 6.42 Å². The lowest BCUT2D eigenvalue weighted by molar-refractivity contribution is 0.740. The number of hydrogen-bond acceptors (Lipinski definition) is 5. The molecule has 0 amide bonds. The minimum atomic E-state index is 0.722. The number of nitrogens with zero attached hydrogens (tertiary/aromatic N) is 2. The molecule has 0 spiro atoms. The average Bonchev–Trinajstić information content (AvgIpc) is 2.36. The fraction of sp³-hybridized carbons (Fsp3) is 0.667. The molecule has 0 aliphatic carbocycles. The van der Waals surface area contributed by atoms with E-state index in [-0.39, 0.29) is 0 Å². The molecule has 0 atom stereocenters. The van der Waals surface area contributed by atoms with Crippen LogP contribution in [0.2, 0.25) is 0 Å². The molecule has 1 aromatic rings. The van der Waals surface area contributed by atoms with Gasteiger partial charge in [-0.25, -0.2) is 15.8 Å². The van der Waals surface area contributed by atoms with E-state index in [9.17, 15) is 0 Å². The van der Waals surface area contributed by atoms with E-state index in [0.717, 1.165) is 43.0 Å². The summed E-state index contributed by atoms with van der Waals surface area (Å²) in [6, 6.07) is 0. The molecular weight excluding hydrogens is 214 g/mol. The smallest absolute Gasteiger partial charge is 0.148 e. The second kappa shape index (κ2) is 7.84. The predicted octanol–water partition coefficient (Wildman–Crippen LogP) is 2.32. The minimum absolute atomic E-state index is 0.722. The van der Waals surface area contributed by atoms with E-state index in [1.807, 2.05) is 0 Å². The summed E-state index contributed by atoms with van der Waals surface area (Å²) in [5.41, 5.74) is 3.71. The fourth-order valence-electron chi connectivity index (χ4n) is 1.76. The third-order valence-corrected chi connectivity index (χ3v) is 2.65. The quantitative estimate of drug-likeness (QED) is 0.367. The van der Waals surface area contributed by atoms with Crippen molar-refractivity contribution in [3.8, 4) is 0 Å². The number of rotatable bonds is 8. The number of aromatic nitrogens is 2. The van der Waals surface area contributed by atoms with Crippen LogP contribution in [0.1, 0.15) is 45.1 Å². The number of nitrogens with two attached hydrogens (primary N) is 1. The monoisotopic (exact) mass is 237 g/mol. The van der Waals surface area contributed by atoms with Gasteiger partial charge in [-0.05, 0) is 12.8 Å². The van der Waals surface area contributed by atoms with Gasteiger partial charge in [-0.1, -0.05) is 33.1 Å². The maximum Gasteiger partial charge on any atom is 0.148 e. The summed E-state index contributed by atoms with van der Waals surface area (Å²) in [5.74, 6) is 7.09. The highest BCUT2D eigenvalue weighted by molar-refractivity contribution is 5.56. The van der Waals surface area contributed by atoms with E-state index >= 15 is 0 Å². The van der Waals surface area contributed by atoms with Crippen LogP contribution in [0.3, 0.4) is 0 Å². The summed E-state index contributed by atoms with van der Waals surface area (Å²) >= 11 is 0. The molecule has 0 radical (unpaired) electrons. The average molecular weight is 237 g/mol. The lowest BCUT2D eigenvalue weighted by Gasteiger charge is -2.13. The van der Waals surface area contributed by atoms with Gasteiger partial charge in [-0.2, -0.15) is 0 Å². The van der Waals surface area contributed by atoms with Crippen LogP contribution in [0.4, 0.5) is 11.6 Å². The van der Waals surface area contributed by atoms with Crippen molar-refractivity contribution in [2.45, 2.75) is 46.0 Å². The van der Waals surface area contributed by atoms with E-state index in [4.69, 9.17) is 5.84 Å². The number of hydrazine groups is 1. The van der Waals surface area contributed by atoms with Crippen LogP contribution in [-0.4, -0.2) is 16.5 Å². The highest BCUT2D eigenvalue weighted by atomic mass is 15.3. The van der Waals surface area contributed by atoms with Crippen molar-refractivity contribution in [2.24, 2.45) is 5.84 Å². The minimum Gasteiger partial charge on any atom is -0.370 e. The Morgan fingerprint density at radius 1 is 1.12 bits per heavy atom. The van der Waals surface area contributed by atoms with Crippen molar-refractivity contribution in [1.29, 1.82) is 0 Å². The third kappa shape index (κ3) is 4.19. The Kier molecular flexibility index (Phi) is 6.32. The molecule has 5 heteroatoms. The Hall–Kier alpha value is -1.36. The van der Waals surface area contributed by atoms with E-state index in [1.165, 1.54) is 19.2 Å². The van der Waals surface area contributed by atoms with Gasteiger partial charge in [0.25, 0.3) is 0 Å². The zero-order chi connectivity index (χ0) is 12.5. The van der Waals surface area contributed by atoms with Crippen LogP contribution in [0.15, 0.2) is 6.33 Å². The van der Waals surface area contributed by atoms with Gasteiger partial charge in [0, 0.05) is 12.1 Å².